The summed E-state index contributed by atoms with van der Waals surface area (Å²) in [5.41, 5.74) is 0.753. The van der Waals surface area contributed by atoms with Crippen molar-refractivity contribution in [2.24, 2.45) is 0 Å². The average Bonchev–Trinajstić information content (AvgIpc) is 3.13. The van der Waals surface area contributed by atoms with Crippen molar-refractivity contribution in [2.75, 3.05) is 7.11 Å². The first kappa shape index (κ1) is 16.0. The summed E-state index contributed by atoms with van der Waals surface area (Å²) >= 11 is 2.62. The first-order valence-corrected chi connectivity index (χ1v) is 9.20. The molecular formula is C17H18IN3O3. The molecule has 0 unspecified atom stereocenters. The first-order chi connectivity index (χ1) is 11.6. The van der Waals surface area contributed by atoms with Crippen molar-refractivity contribution in [1.82, 2.24) is 15.1 Å². The van der Waals surface area contributed by atoms with Gasteiger partial charge in [-0.05, 0) is 50.7 Å². The standard InChI is InChI=1S/C17H18IN3O3/c1-23-14(22)12-11(3-2-10-19-12)13-20-15(21-24-13)16-4-7-17(18,8-5-16)9-6-16/h2-3,10H,4-9H2,1H3. The Kier molecular flexibility index (Phi) is 3.85. The summed E-state index contributed by atoms with van der Waals surface area (Å²) in [5, 5.41) is 4.26. The molecule has 126 valence electrons. The van der Waals surface area contributed by atoms with E-state index in [1.165, 1.54) is 26.4 Å². The van der Waals surface area contributed by atoms with Crippen molar-refractivity contribution in [2.45, 2.75) is 47.4 Å². The van der Waals surface area contributed by atoms with Crippen LogP contribution in [-0.4, -0.2) is 31.6 Å². The zero-order chi connectivity index (χ0) is 16.8. The van der Waals surface area contributed by atoms with Crippen LogP contribution < -0.4 is 0 Å². The van der Waals surface area contributed by atoms with Crippen molar-refractivity contribution in [3.05, 3.63) is 29.8 Å². The Morgan fingerprint density at radius 3 is 2.62 bits per heavy atom. The molecule has 0 amide bonds. The molecule has 0 aromatic carbocycles. The van der Waals surface area contributed by atoms with Crippen molar-refractivity contribution in [3.8, 4) is 11.5 Å². The van der Waals surface area contributed by atoms with Gasteiger partial charge < -0.3 is 9.26 Å². The number of carbonyl (C=O) groups is 1. The van der Waals surface area contributed by atoms with Gasteiger partial charge in [-0.3, -0.25) is 0 Å². The molecule has 2 aromatic rings. The van der Waals surface area contributed by atoms with Crippen LogP contribution in [0.1, 0.15) is 54.8 Å². The summed E-state index contributed by atoms with van der Waals surface area (Å²) < 4.78 is 10.8. The minimum atomic E-state index is -0.506. The average molecular weight is 439 g/mol. The van der Waals surface area contributed by atoms with Crippen LogP contribution in [0.4, 0.5) is 0 Å². The van der Waals surface area contributed by atoms with Crippen molar-refractivity contribution >= 4 is 28.6 Å². The van der Waals surface area contributed by atoms with Crippen molar-refractivity contribution in [1.29, 1.82) is 0 Å². The maximum Gasteiger partial charge on any atom is 0.357 e. The number of alkyl halides is 1. The van der Waals surface area contributed by atoms with Gasteiger partial charge >= 0.3 is 5.97 Å². The van der Waals surface area contributed by atoms with E-state index in [-0.39, 0.29) is 11.1 Å². The van der Waals surface area contributed by atoms with E-state index in [1.54, 1.807) is 18.3 Å². The normalized spacial score (nSPS) is 28.8. The lowest BCUT2D eigenvalue weighted by atomic mass is 9.60. The van der Waals surface area contributed by atoms with Gasteiger partial charge in [0.15, 0.2) is 11.5 Å². The maximum absolute atomic E-state index is 11.9. The highest BCUT2D eigenvalue weighted by atomic mass is 127. The van der Waals surface area contributed by atoms with E-state index in [1.807, 2.05) is 0 Å². The Morgan fingerprint density at radius 2 is 1.96 bits per heavy atom. The highest BCUT2D eigenvalue weighted by molar-refractivity contribution is 14.1. The van der Waals surface area contributed by atoms with Crippen LogP contribution in [0.15, 0.2) is 22.9 Å². The lowest BCUT2D eigenvalue weighted by Crippen LogP contribution is -2.45. The Labute approximate surface area is 153 Å². The fourth-order valence-corrected chi connectivity index (χ4v) is 4.67. The molecule has 3 fully saturated rings. The molecule has 2 heterocycles. The maximum atomic E-state index is 11.9. The monoisotopic (exact) mass is 439 g/mol. The zero-order valence-electron chi connectivity index (χ0n) is 13.4. The number of hydrogen-bond donors (Lipinski definition) is 0. The number of hydrogen-bond acceptors (Lipinski definition) is 6. The van der Waals surface area contributed by atoms with E-state index in [0.717, 1.165) is 25.1 Å². The van der Waals surface area contributed by atoms with Gasteiger partial charge in [-0.25, -0.2) is 9.78 Å². The number of nitrogens with zero attached hydrogens (tertiary/aromatic N) is 3. The Morgan fingerprint density at radius 1 is 1.25 bits per heavy atom. The lowest BCUT2D eigenvalue weighted by Gasteiger charge is -2.49. The summed E-state index contributed by atoms with van der Waals surface area (Å²) in [7, 11) is 1.33. The molecule has 0 N–H and O–H groups in total. The molecule has 3 aliphatic carbocycles. The van der Waals surface area contributed by atoms with E-state index >= 15 is 0 Å². The number of ether oxygens (including phenoxy) is 1. The van der Waals surface area contributed by atoms with Gasteiger partial charge in [-0.1, -0.05) is 27.7 Å². The SMILES string of the molecule is COC(=O)c1ncccc1-c1nc(C23CCC(I)(CC2)CC3)no1. The number of halogens is 1. The number of fused-ring (bicyclic) bond motifs is 3. The smallest absolute Gasteiger partial charge is 0.357 e. The number of esters is 1. The summed E-state index contributed by atoms with van der Waals surface area (Å²) in [6.45, 7) is 0. The summed E-state index contributed by atoms with van der Waals surface area (Å²) in [4.78, 5) is 20.6. The van der Waals surface area contributed by atoms with Crippen LogP contribution in [0.2, 0.25) is 0 Å². The Bertz CT molecular complexity index is 764. The fourth-order valence-electron chi connectivity index (χ4n) is 3.86. The molecule has 24 heavy (non-hydrogen) atoms. The van der Waals surface area contributed by atoms with Crippen LogP contribution in [0.5, 0.6) is 0 Å². The molecule has 5 rings (SSSR count). The summed E-state index contributed by atoms with van der Waals surface area (Å²) in [5.74, 6) is 0.605. The van der Waals surface area contributed by atoms with Crippen LogP contribution in [0.3, 0.4) is 0 Å². The Hall–Kier alpha value is -1.51. The molecular weight excluding hydrogens is 421 g/mol. The zero-order valence-corrected chi connectivity index (χ0v) is 15.6. The molecule has 3 aliphatic rings. The van der Waals surface area contributed by atoms with Gasteiger partial charge in [0, 0.05) is 15.0 Å². The molecule has 2 bridgehead atoms. The van der Waals surface area contributed by atoms with Gasteiger partial charge in [0.1, 0.15) is 0 Å². The third kappa shape index (κ3) is 2.53. The van der Waals surface area contributed by atoms with Gasteiger partial charge in [0.25, 0.3) is 5.89 Å². The first-order valence-electron chi connectivity index (χ1n) is 8.12. The highest BCUT2D eigenvalue weighted by Gasteiger charge is 2.50. The van der Waals surface area contributed by atoms with E-state index in [9.17, 15) is 4.79 Å². The van der Waals surface area contributed by atoms with Gasteiger partial charge in [0.2, 0.25) is 0 Å². The molecule has 0 spiro atoms. The van der Waals surface area contributed by atoms with E-state index in [2.05, 4.69) is 37.7 Å². The quantitative estimate of drug-likeness (QED) is 0.413. The largest absolute Gasteiger partial charge is 0.464 e. The third-order valence-electron chi connectivity index (χ3n) is 5.47. The van der Waals surface area contributed by atoms with Gasteiger partial charge in [0.05, 0.1) is 12.7 Å². The number of rotatable bonds is 3. The molecule has 6 nitrogen and oxygen atoms in total. The molecule has 3 saturated carbocycles. The van der Waals surface area contributed by atoms with Crippen LogP contribution in [0.25, 0.3) is 11.5 Å². The van der Waals surface area contributed by atoms with Gasteiger partial charge in [-0.2, -0.15) is 4.98 Å². The number of aromatic nitrogens is 3. The molecule has 0 aliphatic heterocycles. The van der Waals surface area contributed by atoms with Crippen molar-refractivity contribution in [3.63, 3.8) is 0 Å². The number of methoxy groups -OCH3 is 1. The second kappa shape index (κ2) is 5.79. The van der Waals surface area contributed by atoms with E-state index in [0.29, 0.717) is 14.9 Å². The minimum absolute atomic E-state index is 0.0301. The van der Waals surface area contributed by atoms with E-state index < -0.39 is 5.97 Å². The van der Waals surface area contributed by atoms with Crippen LogP contribution in [-0.2, 0) is 10.2 Å². The van der Waals surface area contributed by atoms with Crippen LogP contribution in [0, 0.1) is 0 Å². The predicted molar refractivity (Wildman–Crippen MR) is 95.0 cm³/mol. The molecule has 2 aromatic heterocycles. The van der Waals surface area contributed by atoms with Gasteiger partial charge in [-0.15, -0.1) is 0 Å². The Balaban J connectivity index is 1.68. The second-order valence-electron chi connectivity index (χ2n) is 6.75. The molecule has 0 saturated heterocycles. The van der Waals surface area contributed by atoms with E-state index in [4.69, 9.17) is 9.26 Å². The molecule has 0 atom stereocenters. The van der Waals surface area contributed by atoms with Crippen molar-refractivity contribution < 1.29 is 14.1 Å². The lowest BCUT2D eigenvalue weighted by molar-refractivity contribution is 0.0594. The highest BCUT2D eigenvalue weighted by Crippen LogP contribution is 2.56. The summed E-state index contributed by atoms with van der Waals surface area (Å²) in [6.07, 6.45) is 8.48. The minimum Gasteiger partial charge on any atom is -0.464 e. The van der Waals surface area contributed by atoms with Crippen LogP contribution >= 0.6 is 22.6 Å². The topological polar surface area (TPSA) is 78.1 Å². The third-order valence-corrected chi connectivity index (χ3v) is 7.09. The number of pyridine rings is 1. The fraction of sp³-hybridized carbons (Fsp3) is 0.529. The molecule has 7 heteroatoms. The summed E-state index contributed by atoms with van der Waals surface area (Å²) in [6, 6.07) is 3.50. The predicted octanol–water partition coefficient (Wildman–Crippen LogP) is 3.70. The molecule has 0 radical (unpaired) electrons. The number of carbonyl (C=O) groups excluding carboxylic acids is 1. The second-order valence-corrected chi connectivity index (χ2v) is 9.03.